The number of ether oxygens (including phenoxy) is 3. The third-order valence-electron chi connectivity index (χ3n) is 27.8. The number of hydrogen-bond donors (Lipinski definition) is 5. The van der Waals surface area contributed by atoms with E-state index in [1.165, 1.54) is 89.0 Å². The fourth-order valence-corrected chi connectivity index (χ4v) is 22.0. The van der Waals surface area contributed by atoms with Crippen LogP contribution in [0.2, 0.25) is 10.0 Å². The van der Waals surface area contributed by atoms with Crippen molar-refractivity contribution in [2.75, 3.05) is 111 Å². The Labute approximate surface area is 883 Å². The van der Waals surface area contributed by atoms with E-state index < -0.39 is 87.2 Å². The predicted octanol–water partition coefficient (Wildman–Crippen LogP) is 18.2. The van der Waals surface area contributed by atoms with Crippen molar-refractivity contribution in [3.8, 4) is 17.2 Å². The number of hydrogen-bond acceptors (Lipinski definition) is 20. The van der Waals surface area contributed by atoms with Crippen molar-refractivity contribution in [2.24, 2.45) is 17.8 Å². The van der Waals surface area contributed by atoms with Crippen LogP contribution >= 0.6 is 23.2 Å². The van der Waals surface area contributed by atoms with E-state index >= 15 is 0 Å². The number of amides is 5. The molecule has 4 heterocycles. The summed E-state index contributed by atoms with van der Waals surface area (Å²) in [6.07, 6.45) is 9.91. The second-order valence-corrected chi connectivity index (χ2v) is 47.4. The molecule has 12 aromatic carbocycles. The third-order valence-corrected chi connectivity index (χ3v) is 30.9. The number of nitrogens with zero attached hydrogens (tertiary/aromatic N) is 5. The van der Waals surface area contributed by atoms with Crippen LogP contribution in [0.5, 0.6) is 17.2 Å². The number of nitrogens with one attached hydrogen (secondary N) is 5. The molecule has 8 aliphatic rings. The maximum Gasteiger partial charge on any atom is 0.301 e. The summed E-state index contributed by atoms with van der Waals surface area (Å²) in [6.45, 7) is 8.75. The van der Waals surface area contributed by atoms with E-state index in [2.05, 4.69) is 135 Å². The minimum atomic E-state index is -4.03. The molecule has 5 amide bonds. The molecule has 4 saturated carbocycles. The number of halogens is 6. The average molecular weight is 2160 g/mol. The van der Waals surface area contributed by atoms with Gasteiger partial charge in [0.2, 0.25) is 36.0 Å². The summed E-state index contributed by atoms with van der Waals surface area (Å²) in [7, 11) is -14.3. The Morgan fingerprint density at radius 2 is 0.593 bits per heavy atom. The van der Waals surface area contributed by atoms with E-state index in [0.717, 1.165) is 143 Å². The fourth-order valence-electron chi connectivity index (χ4n) is 19.9. The minimum Gasteiger partial charge on any atom is -0.493 e. The largest absolute Gasteiger partial charge is 0.493 e. The van der Waals surface area contributed by atoms with Crippen molar-refractivity contribution in [2.45, 2.75) is 106 Å². The Morgan fingerprint density at radius 3 is 0.893 bits per heavy atom. The van der Waals surface area contributed by atoms with Crippen molar-refractivity contribution >= 4 is 93.0 Å². The third kappa shape index (κ3) is 28.8. The monoisotopic (exact) mass is 2160 g/mol. The van der Waals surface area contributed by atoms with Crippen molar-refractivity contribution in [3.63, 3.8) is 0 Å². The molecule has 4 saturated heterocycles. The first-order valence-electron chi connectivity index (χ1n) is 50.0. The van der Waals surface area contributed by atoms with Crippen molar-refractivity contribution in [1.82, 2.24) is 48.1 Å². The van der Waals surface area contributed by atoms with Gasteiger partial charge in [0.05, 0.1) is 91.4 Å². The second kappa shape index (κ2) is 47.9. The smallest absolute Gasteiger partial charge is 0.301 e. The van der Waals surface area contributed by atoms with E-state index in [9.17, 15) is 75.2 Å². The summed E-state index contributed by atoms with van der Waals surface area (Å²) in [4.78, 5) is 74.0. The molecule has 36 heteroatoms. The fraction of sp³-hybridized carbons (Fsp3) is 0.325. The van der Waals surface area contributed by atoms with Gasteiger partial charge in [-0.3, -0.25) is 43.6 Å². The zero-order chi connectivity index (χ0) is 106. The number of sulfonamides is 3. The van der Waals surface area contributed by atoms with Crippen molar-refractivity contribution in [1.29, 1.82) is 0 Å². The molecule has 26 nitrogen and oxygen atoms in total. The van der Waals surface area contributed by atoms with Gasteiger partial charge in [0.25, 0.3) is 23.6 Å². The Morgan fingerprint density at radius 1 is 0.320 bits per heavy atom. The lowest BCUT2D eigenvalue weighted by atomic mass is 9.90. The normalized spacial score (nSPS) is 16.8. The van der Waals surface area contributed by atoms with E-state index in [0.29, 0.717) is 78.9 Å². The molecule has 0 spiro atoms. The molecule has 4 aliphatic heterocycles. The Balaban J connectivity index is 0.000000136. The lowest BCUT2D eigenvalue weighted by Gasteiger charge is -2.44. The summed E-state index contributed by atoms with van der Waals surface area (Å²) < 4.78 is 179. The van der Waals surface area contributed by atoms with Gasteiger partial charge in [-0.05, 0) is 202 Å². The number of likely N-dealkylation sites (tertiary alicyclic amines) is 3. The Kier molecular flexibility index (Phi) is 34.6. The molecule has 20 rings (SSSR count). The molecule has 2 unspecified atom stereocenters. The standard InChI is InChI=1S/C30H32FN3O4S.2C28H28ClFN2O4S.C28H30FN3O4S/c1-39(37,38)32-30(36)26-20-25(21-12-13-21)24(18-27(26)31)19-28(35)33-14-16-34(17-15-33)29(22-8-4-2-5-9-22)23-10-6-3-7-11-23;1-37(34,35)31-28(33)24-13-23(19-10-11-19)26(14-25(24)30)36-17-18-15-32(16-18)27(20-6-3-2-4-7-20)21-8-5-9-22(29)12-21;1-37(34,35)31-28(33)24-13-23(19-7-8-19)26(14-25(24)30)36-17-18-15-32(16-18)27(20-5-3-2-4-6-20)21-9-11-22(29)12-10-21;1-30-37(34,35)31-28(33)24-14-23(20-12-13-20)26(15-25(24)29)36-18-19-16-32(17-19)27(21-8-4-2-5-9-21)22-10-6-3-7-11-22/h2-11,18,20-21,29H,12-17,19H2,1H3,(H,32,36);2-9,12-14,18-19,27H,10-11,15-17H2,1H3,(H,31,33);2-6,9-14,18-19,27H,7-8,15-17H2,1H3,(H,31,33);2-11,14-15,19-20,27,30H,12-13,16-18H2,1H3,(H,31,33). The van der Waals surface area contributed by atoms with Gasteiger partial charge in [-0.2, -0.15) is 8.42 Å². The molecule has 4 aliphatic carbocycles. The molecule has 150 heavy (non-hydrogen) atoms. The van der Waals surface area contributed by atoms with Crippen LogP contribution in [0.3, 0.4) is 0 Å². The maximum atomic E-state index is 14.9. The molecular weight excluding hydrogens is 2040 g/mol. The van der Waals surface area contributed by atoms with Gasteiger partial charge in [0.1, 0.15) is 40.5 Å². The van der Waals surface area contributed by atoms with Gasteiger partial charge in [-0.25, -0.2) is 66.4 Å². The molecule has 0 bridgehead atoms. The summed E-state index contributed by atoms with van der Waals surface area (Å²) in [6, 6.07) is 88.9. The first kappa shape index (κ1) is 109. The van der Waals surface area contributed by atoms with Crippen LogP contribution < -0.4 is 37.8 Å². The van der Waals surface area contributed by atoms with Crippen LogP contribution in [-0.2, 0) is 51.5 Å². The molecule has 2 atom stereocenters. The number of carbonyl (C=O) groups excluding carboxylic acids is 5. The summed E-state index contributed by atoms with van der Waals surface area (Å²) in [5.74, 6) is -4.53. The minimum absolute atomic E-state index is 0.0392. The van der Waals surface area contributed by atoms with Gasteiger partial charge in [0, 0.05) is 118 Å². The predicted molar refractivity (Wildman–Crippen MR) is 568 cm³/mol. The van der Waals surface area contributed by atoms with E-state index in [-0.39, 0.29) is 100 Å². The van der Waals surface area contributed by atoms with Crippen LogP contribution in [0.1, 0.15) is 213 Å². The lowest BCUT2D eigenvalue weighted by Crippen LogP contribution is -2.51. The van der Waals surface area contributed by atoms with Gasteiger partial charge in [0.15, 0.2) is 0 Å². The summed E-state index contributed by atoms with van der Waals surface area (Å²) in [5.41, 5.74) is 11.9. The second-order valence-electron chi connectivity index (χ2n) is 39.7. The van der Waals surface area contributed by atoms with Crippen LogP contribution in [-0.4, -0.2) is 199 Å². The molecule has 8 fully saturated rings. The highest BCUT2D eigenvalue weighted by molar-refractivity contribution is 7.90. The lowest BCUT2D eigenvalue weighted by molar-refractivity contribution is -0.132. The number of carbonyl (C=O) groups is 5. The highest BCUT2D eigenvalue weighted by atomic mass is 35.5. The van der Waals surface area contributed by atoms with Crippen LogP contribution in [0.15, 0.2) is 279 Å². The number of benzene rings is 12. The SMILES string of the molecule is CNS(=O)(=O)NC(=O)c1cc(C2CC2)c(OCC2CN(C(c3ccccc3)c3ccccc3)C2)cc1F.CS(=O)(=O)NC(=O)c1cc(C2CC2)c(CC(=O)N2CCN(C(c3ccccc3)c3ccccc3)CC2)cc1F.CS(=O)(=O)NC(=O)c1cc(C2CC2)c(OCC2CN(C(c3ccccc3)c3ccc(Cl)cc3)C2)cc1F.CS(=O)(=O)NC(=O)c1cc(C2CC2)c(OCC2CN(C(c3ccccc3)c3cccc(Cl)c3)C2)cc1F. The summed E-state index contributed by atoms with van der Waals surface area (Å²) in [5, 5.41) is 1.39. The van der Waals surface area contributed by atoms with E-state index in [1.54, 1.807) is 0 Å². The number of rotatable bonds is 36. The van der Waals surface area contributed by atoms with Crippen LogP contribution in [0.4, 0.5) is 17.6 Å². The summed E-state index contributed by atoms with van der Waals surface area (Å²) >= 11 is 12.4. The topological polar surface area (TPSA) is 326 Å². The molecule has 12 aromatic rings. The van der Waals surface area contributed by atoms with Gasteiger partial charge >= 0.3 is 10.2 Å². The highest BCUT2D eigenvalue weighted by Crippen LogP contribution is 2.50. The molecule has 786 valence electrons. The quantitative estimate of drug-likeness (QED) is 0.0228. The van der Waals surface area contributed by atoms with Crippen LogP contribution in [0, 0.1) is 41.0 Å². The van der Waals surface area contributed by atoms with Crippen LogP contribution in [0.25, 0.3) is 0 Å². The van der Waals surface area contributed by atoms with E-state index in [1.807, 2.05) is 144 Å². The molecule has 0 radical (unpaired) electrons. The Bertz CT molecular complexity index is 7270. The van der Waals surface area contributed by atoms with E-state index in [4.69, 9.17) is 37.4 Å². The molecule has 5 N–H and O–H groups in total. The van der Waals surface area contributed by atoms with Crippen molar-refractivity contribution < 1.29 is 89.4 Å². The zero-order valence-electron chi connectivity index (χ0n) is 83.1. The highest BCUT2D eigenvalue weighted by Gasteiger charge is 2.42. The maximum absolute atomic E-state index is 14.9. The van der Waals surface area contributed by atoms with Crippen molar-refractivity contribution in [3.05, 3.63) is 407 Å². The number of piperazine rings is 1. The zero-order valence-corrected chi connectivity index (χ0v) is 87.9. The molecular formula is C114H118Cl2F4N10O16S4. The Hall–Kier alpha value is -12.7. The van der Waals surface area contributed by atoms with Gasteiger partial charge in [-0.15, -0.1) is 0 Å². The van der Waals surface area contributed by atoms with Gasteiger partial charge in [-0.1, -0.05) is 229 Å². The van der Waals surface area contributed by atoms with Gasteiger partial charge < -0.3 is 19.1 Å². The first-order valence-corrected chi connectivity index (χ1v) is 57.9. The molecule has 0 aromatic heterocycles. The average Bonchev–Trinajstić information content (AvgIpc) is 1.74. The first-order chi connectivity index (χ1) is 71.9.